The highest BCUT2D eigenvalue weighted by atomic mass is 32.2. The summed E-state index contributed by atoms with van der Waals surface area (Å²) < 4.78 is 6.08. The lowest BCUT2D eigenvalue weighted by Gasteiger charge is -2.39. The van der Waals surface area contributed by atoms with E-state index < -0.39 is 0 Å². The van der Waals surface area contributed by atoms with Crippen LogP contribution in [-0.4, -0.2) is 60.2 Å². The van der Waals surface area contributed by atoms with Crippen LogP contribution >= 0.6 is 11.8 Å². The van der Waals surface area contributed by atoms with E-state index in [1.165, 1.54) is 11.8 Å². The number of fused-ring (bicyclic) bond motifs is 1. The van der Waals surface area contributed by atoms with Gasteiger partial charge in [0.2, 0.25) is 0 Å². The molecule has 0 atom stereocenters. The number of rotatable bonds is 5. The average Bonchev–Trinajstić information content (AvgIpc) is 2.78. The van der Waals surface area contributed by atoms with E-state index in [1.807, 2.05) is 36.6 Å². The Morgan fingerprint density at radius 2 is 1.90 bits per heavy atom. The summed E-state index contributed by atoms with van der Waals surface area (Å²) in [5.41, 5.74) is 3.28. The Morgan fingerprint density at radius 1 is 1.19 bits per heavy atom. The fourth-order valence-corrected chi connectivity index (χ4v) is 4.84. The highest BCUT2D eigenvalue weighted by Crippen LogP contribution is 2.38. The van der Waals surface area contributed by atoms with Crippen molar-refractivity contribution in [3.8, 4) is 6.07 Å². The number of Topliss-reactive ketones (excluding diaryl/α,β-unsaturated/α-hetero) is 1. The standard InChI is InChI=1S/C24H28N4O2S/c1-24(2)13-18-19(14-25)23(31-3)26-22(20(18)16-30-24)28-11-9-27(10-12-28)15-21(29)17-7-5-4-6-8-17/h4-8H,9-13,15-16H2,1-3H3. The van der Waals surface area contributed by atoms with Crippen LogP contribution in [0.2, 0.25) is 0 Å². The van der Waals surface area contributed by atoms with Crippen LogP contribution in [0, 0.1) is 11.3 Å². The molecule has 7 heteroatoms. The van der Waals surface area contributed by atoms with Gasteiger partial charge in [-0.2, -0.15) is 5.26 Å². The van der Waals surface area contributed by atoms with Crippen LogP contribution in [-0.2, 0) is 17.8 Å². The predicted octanol–water partition coefficient (Wildman–Crippen LogP) is 3.53. The SMILES string of the molecule is CSc1nc(N2CCN(CC(=O)c3ccccc3)CC2)c2c(c1C#N)CC(C)(C)OC2. The van der Waals surface area contributed by atoms with Gasteiger partial charge in [-0.15, -0.1) is 11.8 Å². The van der Waals surface area contributed by atoms with Crippen molar-refractivity contribution in [2.75, 3.05) is 43.9 Å². The normalized spacial score (nSPS) is 18.3. The lowest BCUT2D eigenvalue weighted by molar-refractivity contribution is -0.0402. The van der Waals surface area contributed by atoms with Crippen LogP contribution < -0.4 is 4.90 Å². The topological polar surface area (TPSA) is 69.5 Å². The van der Waals surface area contributed by atoms with Gasteiger partial charge < -0.3 is 9.64 Å². The maximum Gasteiger partial charge on any atom is 0.176 e. The number of anilines is 1. The number of hydrogen-bond acceptors (Lipinski definition) is 7. The number of nitriles is 1. The third-order valence-corrected chi connectivity index (χ3v) is 6.69. The van der Waals surface area contributed by atoms with Crippen LogP contribution in [0.15, 0.2) is 35.4 Å². The summed E-state index contributed by atoms with van der Waals surface area (Å²) in [4.78, 5) is 21.9. The number of ether oxygens (including phenoxy) is 1. The molecule has 1 fully saturated rings. The quantitative estimate of drug-likeness (QED) is 0.525. The molecule has 2 aliphatic rings. The molecule has 0 N–H and O–H groups in total. The van der Waals surface area contributed by atoms with E-state index >= 15 is 0 Å². The van der Waals surface area contributed by atoms with E-state index in [1.54, 1.807) is 0 Å². The number of thioether (sulfide) groups is 1. The minimum atomic E-state index is -0.288. The van der Waals surface area contributed by atoms with Crippen LogP contribution in [0.1, 0.15) is 40.9 Å². The lowest BCUT2D eigenvalue weighted by Crippen LogP contribution is -2.49. The molecule has 31 heavy (non-hydrogen) atoms. The molecular formula is C24H28N4O2S. The summed E-state index contributed by atoms with van der Waals surface area (Å²) in [6.07, 6.45) is 2.68. The molecular weight excluding hydrogens is 408 g/mol. The number of piperazine rings is 1. The van der Waals surface area contributed by atoms with Gasteiger partial charge in [0, 0.05) is 43.7 Å². The average molecular weight is 437 g/mol. The van der Waals surface area contributed by atoms with Crippen molar-refractivity contribution in [1.29, 1.82) is 5.26 Å². The van der Waals surface area contributed by atoms with Crippen molar-refractivity contribution in [1.82, 2.24) is 9.88 Å². The Hall–Kier alpha value is -2.40. The van der Waals surface area contributed by atoms with Crippen LogP contribution in [0.4, 0.5) is 5.82 Å². The van der Waals surface area contributed by atoms with Gasteiger partial charge in [-0.1, -0.05) is 30.3 Å². The number of hydrogen-bond donors (Lipinski definition) is 0. The van der Waals surface area contributed by atoms with E-state index in [9.17, 15) is 10.1 Å². The molecule has 0 amide bonds. The van der Waals surface area contributed by atoms with Gasteiger partial charge in [0.25, 0.3) is 0 Å². The molecule has 0 unspecified atom stereocenters. The smallest absolute Gasteiger partial charge is 0.176 e. The van der Waals surface area contributed by atoms with Crippen molar-refractivity contribution in [2.45, 2.75) is 37.5 Å². The maximum atomic E-state index is 12.6. The minimum absolute atomic E-state index is 0.156. The molecule has 2 aliphatic heterocycles. The van der Waals surface area contributed by atoms with E-state index in [2.05, 4.69) is 29.7 Å². The molecule has 3 heterocycles. The molecule has 1 aromatic heterocycles. The van der Waals surface area contributed by atoms with Crippen LogP contribution in [0.3, 0.4) is 0 Å². The zero-order valence-corrected chi connectivity index (χ0v) is 19.2. The summed E-state index contributed by atoms with van der Waals surface area (Å²) >= 11 is 1.52. The molecule has 1 saturated heterocycles. The Labute approximate surface area is 188 Å². The third-order valence-electron chi connectivity index (χ3n) is 6.01. The van der Waals surface area contributed by atoms with Crippen LogP contribution in [0.25, 0.3) is 0 Å². The summed E-state index contributed by atoms with van der Waals surface area (Å²) in [6, 6.07) is 11.9. The van der Waals surface area contributed by atoms with E-state index in [0.29, 0.717) is 25.1 Å². The number of pyridine rings is 1. The zero-order chi connectivity index (χ0) is 22.0. The molecule has 1 aromatic carbocycles. The van der Waals surface area contributed by atoms with Gasteiger partial charge in [-0.05, 0) is 25.7 Å². The molecule has 0 spiro atoms. The minimum Gasteiger partial charge on any atom is -0.370 e. The van der Waals surface area contributed by atoms with E-state index in [0.717, 1.165) is 53.7 Å². The summed E-state index contributed by atoms with van der Waals surface area (Å²) in [7, 11) is 0. The Kier molecular flexibility index (Phi) is 6.33. The Morgan fingerprint density at radius 3 is 2.55 bits per heavy atom. The first-order valence-electron chi connectivity index (χ1n) is 10.6. The summed E-state index contributed by atoms with van der Waals surface area (Å²) in [6.45, 7) is 8.24. The molecule has 0 saturated carbocycles. The zero-order valence-electron chi connectivity index (χ0n) is 18.4. The number of carbonyl (C=O) groups is 1. The van der Waals surface area contributed by atoms with Gasteiger partial charge in [0.1, 0.15) is 16.9 Å². The number of aromatic nitrogens is 1. The highest BCUT2D eigenvalue weighted by Gasteiger charge is 2.33. The van der Waals surface area contributed by atoms with Crippen LogP contribution in [0.5, 0.6) is 0 Å². The first kappa shape index (κ1) is 21.8. The Bertz CT molecular complexity index is 1010. The first-order chi connectivity index (χ1) is 14.9. The van der Waals surface area contributed by atoms with Crippen molar-refractivity contribution in [3.63, 3.8) is 0 Å². The fraction of sp³-hybridized carbons (Fsp3) is 0.458. The second-order valence-electron chi connectivity index (χ2n) is 8.67. The van der Waals surface area contributed by atoms with E-state index in [-0.39, 0.29) is 11.4 Å². The largest absolute Gasteiger partial charge is 0.370 e. The van der Waals surface area contributed by atoms with Crippen molar-refractivity contribution >= 4 is 23.4 Å². The highest BCUT2D eigenvalue weighted by molar-refractivity contribution is 7.98. The van der Waals surface area contributed by atoms with Crippen molar-refractivity contribution in [3.05, 3.63) is 52.6 Å². The second-order valence-corrected chi connectivity index (χ2v) is 9.46. The van der Waals surface area contributed by atoms with Gasteiger partial charge in [0.15, 0.2) is 5.78 Å². The number of benzene rings is 1. The summed E-state index contributed by atoms with van der Waals surface area (Å²) in [5.74, 6) is 1.09. The molecule has 162 valence electrons. The molecule has 0 aliphatic carbocycles. The molecule has 2 aromatic rings. The third kappa shape index (κ3) is 4.62. The number of nitrogens with zero attached hydrogens (tertiary/aromatic N) is 4. The monoisotopic (exact) mass is 436 g/mol. The van der Waals surface area contributed by atoms with Gasteiger partial charge in [-0.3, -0.25) is 9.69 Å². The van der Waals surface area contributed by atoms with Crippen molar-refractivity contribution in [2.24, 2.45) is 0 Å². The van der Waals surface area contributed by atoms with Gasteiger partial charge in [0.05, 0.1) is 24.3 Å². The number of carbonyl (C=O) groups excluding carboxylic acids is 1. The first-order valence-corrected chi connectivity index (χ1v) is 11.8. The lowest BCUT2D eigenvalue weighted by atomic mass is 9.89. The van der Waals surface area contributed by atoms with E-state index in [4.69, 9.17) is 9.72 Å². The molecule has 0 radical (unpaired) electrons. The fourth-order valence-electron chi connectivity index (χ4n) is 4.29. The second kappa shape index (κ2) is 8.99. The number of ketones is 1. The predicted molar refractivity (Wildman–Crippen MR) is 123 cm³/mol. The molecule has 0 bridgehead atoms. The molecule has 4 rings (SSSR count). The van der Waals surface area contributed by atoms with Gasteiger partial charge >= 0.3 is 0 Å². The van der Waals surface area contributed by atoms with Crippen molar-refractivity contribution < 1.29 is 9.53 Å². The maximum absolute atomic E-state index is 12.6. The van der Waals surface area contributed by atoms with Gasteiger partial charge in [-0.25, -0.2) is 4.98 Å². The summed E-state index contributed by atoms with van der Waals surface area (Å²) in [5, 5.41) is 10.6. The Balaban J connectivity index is 1.52. The molecule has 6 nitrogen and oxygen atoms in total.